The molecule has 3 heterocycles. The number of hydrogen-bond acceptors (Lipinski definition) is 4. The highest BCUT2D eigenvalue weighted by Gasteiger charge is 2.29. The van der Waals surface area contributed by atoms with E-state index in [1.165, 1.54) is 31.8 Å². The summed E-state index contributed by atoms with van der Waals surface area (Å²) in [6.07, 6.45) is 4.60. The molecule has 2 aliphatic rings. The number of hydrogen-bond donors (Lipinski definition) is 1. The van der Waals surface area contributed by atoms with Crippen LogP contribution in [0.3, 0.4) is 0 Å². The molecule has 0 spiro atoms. The van der Waals surface area contributed by atoms with Gasteiger partial charge in [-0.3, -0.25) is 0 Å². The Morgan fingerprint density at radius 3 is 2.42 bits per heavy atom. The summed E-state index contributed by atoms with van der Waals surface area (Å²) in [6, 6.07) is 0.743. The van der Waals surface area contributed by atoms with Crippen LogP contribution in [0.1, 0.15) is 63.1 Å². The van der Waals surface area contributed by atoms with Crippen LogP contribution in [0.2, 0.25) is 0 Å². The molecule has 1 unspecified atom stereocenters. The fourth-order valence-corrected chi connectivity index (χ4v) is 3.41. The first-order valence-corrected chi connectivity index (χ1v) is 7.59. The topological polar surface area (TPSA) is 60.0 Å². The number of piperidine rings is 1. The molecular weight excluding hydrogens is 238 g/mol. The summed E-state index contributed by atoms with van der Waals surface area (Å²) in [4.78, 5) is 2.55. The van der Waals surface area contributed by atoms with Crippen molar-refractivity contribution >= 4 is 0 Å². The Hall–Kier alpha value is -0.940. The molecular formula is C14H25N5. The summed E-state index contributed by atoms with van der Waals surface area (Å²) in [6.45, 7) is 7.96. The van der Waals surface area contributed by atoms with E-state index in [9.17, 15) is 0 Å². The third kappa shape index (κ3) is 2.41. The predicted molar refractivity (Wildman–Crippen MR) is 74.9 cm³/mol. The van der Waals surface area contributed by atoms with Crippen molar-refractivity contribution in [3.8, 4) is 0 Å². The number of likely N-dealkylation sites (tertiary alicyclic amines) is 1. The van der Waals surface area contributed by atoms with Gasteiger partial charge >= 0.3 is 0 Å². The first-order chi connectivity index (χ1) is 9.16. The molecule has 5 heteroatoms. The minimum absolute atomic E-state index is 0.0887. The largest absolute Gasteiger partial charge is 0.321 e. The highest BCUT2D eigenvalue weighted by Crippen LogP contribution is 2.31. The lowest BCUT2D eigenvalue weighted by molar-refractivity contribution is 0.168. The lowest BCUT2D eigenvalue weighted by Gasteiger charge is -2.34. The highest BCUT2D eigenvalue weighted by atomic mass is 15.3. The molecule has 1 fully saturated rings. The summed E-state index contributed by atoms with van der Waals surface area (Å²) >= 11 is 0. The molecule has 5 nitrogen and oxygen atoms in total. The minimum atomic E-state index is 0.0887. The zero-order valence-electron chi connectivity index (χ0n) is 12.0. The van der Waals surface area contributed by atoms with Gasteiger partial charge in [-0.2, -0.15) is 0 Å². The van der Waals surface area contributed by atoms with Gasteiger partial charge in [-0.05, 0) is 52.6 Å². The molecule has 1 aromatic heterocycles. The van der Waals surface area contributed by atoms with Crippen LogP contribution in [0, 0.1) is 0 Å². The van der Waals surface area contributed by atoms with E-state index < -0.39 is 0 Å². The Morgan fingerprint density at radius 1 is 1.05 bits per heavy atom. The summed E-state index contributed by atoms with van der Waals surface area (Å²) in [7, 11) is 0. The van der Waals surface area contributed by atoms with Gasteiger partial charge in [-0.1, -0.05) is 0 Å². The quantitative estimate of drug-likeness (QED) is 0.881. The number of rotatable bonds is 2. The van der Waals surface area contributed by atoms with Crippen molar-refractivity contribution in [3.05, 3.63) is 11.6 Å². The van der Waals surface area contributed by atoms with E-state index in [1.54, 1.807) is 0 Å². The lowest BCUT2D eigenvalue weighted by atomic mass is 9.94. The molecule has 19 heavy (non-hydrogen) atoms. The van der Waals surface area contributed by atoms with Crippen LogP contribution in [0.5, 0.6) is 0 Å². The van der Waals surface area contributed by atoms with E-state index in [2.05, 4.69) is 33.5 Å². The maximum absolute atomic E-state index is 6.12. The third-order valence-corrected chi connectivity index (χ3v) is 4.66. The molecule has 0 amide bonds. The van der Waals surface area contributed by atoms with Crippen LogP contribution < -0.4 is 5.73 Å². The molecule has 1 atom stereocenters. The average Bonchev–Trinajstić information content (AvgIpc) is 2.84. The van der Waals surface area contributed by atoms with Crippen LogP contribution >= 0.6 is 0 Å². The van der Waals surface area contributed by atoms with Gasteiger partial charge in [0.25, 0.3) is 0 Å². The fraction of sp³-hybridized carbons (Fsp3) is 0.857. The van der Waals surface area contributed by atoms with Crippen molar-refractivity contribution in [2.45, 2.75) is 64.1 Å². The molecule has 2 aliphatic heterocycles. The van der Waals surface area contributed by atoms with Crippen molar-refractivity contribution in [2.75, 3.05) is 13.1 Å². The van der Waals surface area contributed by atoms with Crippen molar-refractivity contribution in [1.29, 1.82) is 0 Å². The Kier molecular flexibility index (Phi) is 3.58. The van der Waals surface area contributed by atoms with Gasteiger partial charge in [0.1, 0.15) is 11.6 Å². The Balaban J connectivity index is 1.74. The second kappa shape index (κ2) is 5.21. The normalized spacial score (nSPS) is 25.8. The summed E-state index contributed by atoms with van der Waals surface area (Å²) in [5, 5.41) is 8.80. The van der Waals surface area contributed by atoms with E-state index in [1.807, 2.05) is 0 Å². The van der Waals surface area contributed by atoms with Gasteiger partial charge in [0.2, 0.25) is 0 Å². The monoisotopic (exact) mass is 263 g/mol. The van der Waals surface area contributed by atoms with E-state index in [-0.39, 0.29) is 6.04 Å². The van der Waals surface area contributed by atoms with Gasteiger partial charge in [0.15, 0.2) is 0 Å². The van der Waals surface area contributed by atoms with Crippen LogP contribution in [0.4, 0.5) is 0 Å². The first-order valence-electron chi connectivity index (χ1n) is 7.59. The Morgan fingerprint density at radius 2 is 1.74 bits per heavy atom. The van der Waals surface area contributed by atoms with E-state index in [0.29, 0.717) is 12.0 Å². The van der Waals surface area contributed by atoms with Crippen molar-refractivity contribution < 1.29 is 0 Å². The smallest absolute Gasteiger partial charge is 0.149 e. The van der Waals surface area contributed by atoms with E-state index in [0.717, 1.165) is 25.2 Å². The maximum atomic E-state index is 6.12. The first kappa shape index (κ1) is 13.1. The third-order valence-electron chi connectivity index (χ3n) is 4.66. The molecule has 0 radical (unpaired) electrons. The molecule has 0 aliphatic carbocycles. The van der Waals surface area contributed by atoms with E-state index >= 15 is 0 Å². The van der Waals surface area contributed by atoms with Crippen LogP contribution in [-0.4, -0.2) is 38.8 Å². The Labute approximate surface area is 115 Å². The number of nitrogens with zero attached hydrogens (tertiary/aromatic N) is 4. The molecule has 0 bridgehead atoms. The zero-order valence-corrected chi connectivity index (χ0v) is 12.0. The van der Waals surface area contributed by atoms with Crippen LogP contribution in [0.25, 0.3) is 0 Å². The molecule has 0 aromatic carbocycles. The van der Waals surface area contributed by atoms with Crippen molar-refractivity contribution in [3.63, 3.8) is 0 Å². The lowest BCUT2D eigenvalue weighted by Crippen LogP contribution is -2.38. The van der Waals surface area contributed by atoms with Crippen molar-refractivity contribution in [1.82, 2.24) is 19.7 Å². The molecule has 1 aromatic rings. The predicted octanol–water partition coefficient (Wildman–Crippen LogP) is 1.66. The summed E-state index contributed by atoms with van der Waals surface area (Å²) in [5.74, 6) is 2.77. The SMILES string of the molecule is CC(C)N1CCC(c2nnc3n2CCCC3N)CC1. The van der Waals surface area contributed by atoms with Crippen LogP contribution in [0.15, 0.2) is 0 Å². The second-order valence-electron chi connectivity index (χ2n) is 6.22. The zero-order chi connectivity index (χ0) is 13.4. The standard InChI is InChI=1S/C14H25N5/c1-10(2)18-8-5-11(6-9-18)13-16-17-14-12(15)4-3-7-19(13)14/h10-12H,3-9,15H2,1-2H3. The van der Waals surface area contributed by atoms with Gasteiger partial charge < -0.3 is 15.2 Å². The maximum Gasteiger partial charge on any atom is 0.149 e. The molecule has 106 valence electrons. The minimum Gasteiger partial charge on any atom is -0.321 e. The number of nitrogens with two attached hydrogens (primary N) is 1. The highest BCUT2D eigenvalue weighted by molar-refractivity contribution is 5.08. The molecule has 2 N–H and O–H groups in total. The van der Waals surface area contributed by atoms with Gasteiger partial charge in [0, 0.05) is 18.5 Å². The second-order valence-corrected chi connectivity index (χ2v) is 6.22. The number of fused-ring (bicyclic) bond motifs is 1. The summed E-state index contributed by atoms with van der Waals surface area (Å²) < 4.78 is 2.30. The molecule has 0 saturated carbocycles. The summed E-state index contributed by atoms with van der Waals surface area (Å²) in [5.41, 5.74) is 6.12. The fourth-order valence-electron chi connectivity index (χ4n) is 3.41. The van der Waals surface area contributed by atoms with Gasteiger partial charge in [-0.25, -0.2) is 0 Å². The molecule has 1 saturated heterocycles. The molecule has 3 rings (SSSR count). The van der Waals surface area contributed by atoms with E-state index in [4.69, 9.17) is 5.73 Å². The van der Waals surface area contributed by atoms with Gasteiger partial charge in [-0.15, -0.1) is 10.2 Å². The van der Waals surface area contributed by atoms with Crippen LogP contribution in [-0.2, 0) is 6.54 Å². The van der Waals surface area contributed by atoms with Crippen molar-refractivity contribution in [2.24, 2.45) is 5.73 Å². The Bertz CT molecular complexity index is 431. The average molecular weight is 263 g/mol. The number of aromatic nitrogens is 3. The van der Waals surface area contributed by atoms with Gasteiger partial charge in [0.05, 0.1) is 6.04 Å².